The first-order valence-corrected chi connectivity index (χ1v) is 11.9. The van der Waals surface area contributed by atoms with Crippen molar-refractivity contribution in [3.05, 3.63) is 76.1 Å². The van der Waals surface area contributed by atoms with Crippen molar-refractivity contribution in [3.8, 4) is 0 Å². The van der Waals surface area contributed by atoms with Gasteiger partial charge in [0.2, 0.25) is 11.8 Å². The van der Waals surface area contributed by atoms with Gasteiger partial charge in [0.25, 0.3) is 0 Å². The van der Waals surface area contributed by atoms with Crippen molar-refractivity contribution in [1.82, 2.24) is 10.6 Å². The summed E-state index contributed by atoms with van der Waals surface area (Å²) < 4.78 is 10.5. The summed E-state index contributed by atoms with van der Waals surface area (Å²) in [5, 5.41) is 8.98. The van der Waals surface area contributed by atoms with Gasteiger partial charge in [-0.05, 0) is 49.4 Å². The second-order valence-corrected chi connectivity index (χ2v) is 8.41. The molecule has 0 fully saturated rings. The van der Waals surface area contributed by atoms with Crippen LogP contribution in [-0.4, -0.2) is 30.5 Å². The molecule has 1 atom stereocenters. The molecule has 3 N–H and O–H groups in total. The lowest BCUT2D eigenvalue weighted by Crippen LogP contribution is -2.44. The van der Waals surface area contributed by atoms with Crippen molar-refractivity contribution in [2.75, 3.05) is 11.9 Å². The second kappa shape index (κ2) is 13.1. The molecule has 0 saturated carbocycles. The number of aryl methyl sites for hydroxylation is 1. The van der Waals surface area contributed by atoms with Crippen LogP contribution in [0.5, 0.6) is 0 Å². The summed E-state index contributed by atoms with van der Waals surface area (Å²) in [7, 11) is 0. The minimum absolute atomic E-state index is 0.0369. The van der Waals surface area contributed by atoms with Crippen LogP contribution in [0.3, 0.4) is 0 Å². The first kappa shape index (κ1) is 26.5. The summed E-state index contributed by atoms with van der Waals surface area (Å²) >= 11 is 0. The molecule has 3 aromatic rings. The molecule has 1 aromatic heterocycles. The molecule has 9 heteroatoms. The number of alkyl carbamates (subject to hydrolysis) is 1. The van der Waals surface area contributed by atoms with E-state index in [0.29, 0.717) is 43.5 Å². The second-order valence-electron chi connectivity index (χ2n) is 8.41. The summed E-state index contributed by atoms with van der Waals surface area (Å²) in [5.41, 5.74) is 1.92. The average molecular weight is 494 g/mol. The Morgan fingerprint density at radius 2 is 1.81 bits per heavy atom. The number of anilines is 1. The third kappa shape index (κ3) is 7.97. The molecule has 1 heterocycles. The van der Waals surface area contributed by atoms with Crippen molar-refractivity contribution < 1.29 is 23.5 Å². The summed E-state index contributed by atoms with van der Waals surface area (Å²) in [6, 6.07) is 14.8. The maximum absolute atomic E-state index is 13.1. The average Bonchev–Trinajstić information content (AvgIpc) is 2.86. The Kier molecular flexibility index (Phi) is 9.62. The zero-order chi connectivity index (χ0) is 25.9. The topological polar surface area (TPSA) is 127 Å². The standard InChI is InChI=1S/C27H31N3O6/c1-3-24(31)28-14-8-7-11-22(30-27(34)35-17-19-9-5-4-6-10-19)26(33)29-20-12-13-21-18(2)15-25(32)36-23(21)16-20/h4-6,9-10,12-13,15-16,22H,3,7-8,11,14,17H2,1-2H3,(H,28,31)(H,29,33)(H,30,34). The van der Waals surface area contributed by atoms with Crippen molar-refractivity contribution in [2.45, 2.75) is 52.2 Å². The van der Waals surface area contributed by atoms with Crippen molar-refractivity contribution in [3.63, 3.8) is 0 Å². The van der Waals surface area contributed by atoms with Crippen molar-refractivity contribution in [2.24, 2.45) is 0 Å². The lowest BCUT2D eigenvalue weighted by molar-refractivity contribution is -0.121. The van der Waals surface area contributed by atoms with E-state index in [1.54, 1.807) is 32.0 Å². The maximum Gasteiger partial charge on any atom is 0.408 e. The number of amides is 3. The fourth-order valence-electron chi connectivity index (χ4n) is 3.63. The van der Waals surface area contributed by atoms with Gasteiger partial charge in [0.15, 0.2) is 0 Å². The fraction of sp³-hybridized carbons (Fsp3) is 0.333. The highest BCUT2D eigenvalue weighted by Gasteiger charge is 2.22. The van der Waals surface area contributed by atoms with Crippen LogP contribution in [0, 0.1) is 6.92 Å². The van der Waals surface area contributed by atoms with Crippen LogP contribution in [0.4, 0.5) is 10.5 Å². The molecule has 0 radical (unpaired) electrons. The number of carbonyl (C=O) groups is 3. The normalized spacial score (nSPS) is 11.5. The van der Waals surface area contributed by atoms with E-state index in [4.69, 9.17) is 9.15 Å². The molecule has 190 valence electrons. The quantitative estimate of drug-likeness (QED) is 0.273. The first-order valence-electron chi connectivity index (χ1n) is 11.9. The molecule has 0 bridgehead atoms. The van der Waals surface area contributed by atoms with Gasteiger partial charge in [0, 0.05) is 36.2 Å². The van der Waals surface area contributed by atoms with E-state index in [1.807, 2.05) is 30.3 Å². The van der Waals surface area contributed by atoms with Gasteiger partial charge in [0.1, 0.15) is 18.2 Å². The maximum atomic E-state index is 13.1. The van der Waals surface area contributed by atoms with Crippen LogP contribution in [0.1, 0.15) is 43.7 Å². The smallest absolute Gasteiger partial charge is 0.408 e. The van der Waals surface area contributed by atoms with Gasteiger partial charge in [-0.25, -0.2) is 9.59 Å². The van der Waals surface area contributed by atoms with Gasteiger partial charge in [-0.2, -0.15) is 0 Å². The minimum Gasteiger partial charge on any atom is -0.445 e. The van der Waals surface area contributed by atoms with Crippen LogP contribution in [0.2, 0.25) is 0 Å². The van der Waals surface area contributed by atoms with E-state index in [0.717, 1.165) is 16.5 Å². The monoisotopic (exact) mass is 493 g/mol. The largest absolute Gasteiger partial charge is 0.445 e. The molecule has 0 aliphatic heterocycles. The van der Waals surface area contributed by atoms with Crippen LogP contribution in [-0.2, 0) is 20.9 Å². The highest BCUT2D eigenvalue weighted by atomic mass is 16.5. The van der Waals surface area contributed by atoms with Gasteiger partial charge < -0.3 is 25.1 Å². The summed E-state index contributed by atoms with van der Waals surface area (Å²) in [4.78, 5) is 48.6. The van der Waals surface area contributed by atoms with Crippen molar-refractivity contribution in [1.29, 1.82) is 0 Å². The SMILES string of the molecule is CCC(=O)NCCCCC(NC(=O)OCc1ccccc1)C(=O)Nc1ccc2c(C)cc(=O)oc2c1. The lowest BCUT2D eigenvalue weighted by Gasteiger charge is -2.19. The third-order valence-corrected chi connectivity index (χ3v) is 5.60. The highest BCUT2D eigenvalue weighted by Crippen LogP contribution is 2.21. The molecule has 3 amide bonds. The molecular formula is C27H31N3O6. The predicted octanol–water partition coefficient (Wildman–Crippen LogP) is 4.03. The van der Waals surface area contributed by atoms with Crippen LogP contribution in [0.25, 0.3) is 11.0 Å². The molecule has 0 spiro atoms. The molecule has 0 aliphatic rings. The van der Waals surface area contributed by atoms with E-state index in [1.165, 1.54) is 6.07 Å². The Bertz CT molecular complexity index is 1260. The highest BCUT2D eigenvalue weighted by molar-refractivity contribution is 5.98. The van der Waals surface area contributed by atoms with Gasteiger partial charge in [-0.1, -0.05) is 37.3 Å². The predicted molar refractivity (Wildman–Crippen MR) is 137 cm³/mol. The number of fused-ring (bicyclic) bond motifs is 1. The zero-order valence-electron chi connectivity index (χ0n) is 20.5. The number of benzene rings is 2. The van der Waals surface area contributed by atoms with Gasteiger partial charge in [-0.3, -0.25) is 9.59 Å². The summed E-state index contributed by atoms with van der Waals surface area (Å²) in [6.07, 6.45) is 1.28. The van der Waals surface area contributed by atoms with Gasteiger partial charge in [-0.15, -0.1) is 0 Å². The zero-order valence-corrected chi connectivity index (χ0v) is 20.5. The molecule has 2 aromatic carbocycles. The summed E-state index contributed by atoms with van der Waals surface area (Å²) in [6.45, 7) is 4.15. The number of hydrogen-bond acceptors (Lipinski definition) is 6. The molecule has 36 heavy (non-hydrogen) atoms. The Morgan fingerprint density at radius 1 is 1.03 bits per heavy atom. The Labute approximate surface area is 209 Å². The van der Waals surface area contributed by atoms with E-state index in [2.05, 4.69) is 16.0 Å². The summed E-state index contributed by atoms with van der Waals surface area (Å²) in [5.74, 6) is -0.469. The number of nitrogens with one attached hydrogen (secondary N) is 3. The first-order chi connectivity index (χ1) is 17.4. The van der Waals surface area contributed by atoms with Gasteiger partial charge in [0.05, 0.1) is 0 Å². The van der Waals surface area contributed by atoms with Crippen molar-refractivity contribution >= 4 is 34.6 Å². The van der Waals surface area contributed by atoms with Crippen LogP contribution < -0.4 is 21.6 Å². The molecule has 0 saturated heterocycles. The number of carbonyl (C=O) groups excluding carboxylic acids is 3. The molecule has 0 aliphatic carbocycles. The molecule has 3 rings (SSSR count). The Balaban J connectivity index is 1.64. The fourth-order valence-corrected chi connectivity index (χ4v) is 3.63. The number of ether oxygens (including phenoxy) is 1. The van der Waals surface area contributed by atoms with Crippen LogP contribution in [0.15, 0.2) is 63.8 Å². The van der Waals surface area contributed by atoms with E-state index < -0.39 is 23.7 Å². The van der Waals surface area contributed by atoms with Crippen LogP contribution >= 0.6 is 0 Å². The Morgan fingerprint density at radius 3 is 2.56 bits per heavy atom. The van der Waals surface area contributed by atoms with Gasteiger partial charge >= 0.3 is 11.7 Å². The molecular weight excluding hydrogens is 462 g/mol. The third-order valence-electron chi connectivity index (χ3n) is 5.60. The lowest BCUT2D eigenvalue weighted by atomic mass is 10.1. The van der Waals surface area contributed by atoms with E-state index >= 15 is 0 Å². The molecule has 1 unspecified atom stereocenters. The number of unbranched alkanes of at least 4 members (excludes halogenated alkanes) is 1. The minimum atomic E-state index is -0.865. The molecule has 9 nitrogen and oxygen atoms in total. The Hall–Kier alpha value is -4.14. The number of rotatable bonds is 11. The van der Waals surface area contributed by atoms with E-state index in [-0.39, 0.29) is 12.5 Å². The van der Waals surface area contributed by atoms with E-state index in [9.17, 15) is 19.2 Å². The number of hydrogen-bond donors (Lipinski definition) is 3.